The van der Waals surface area contributed by atoms with Crippen molar-refractivity contribution in [1.82, 2.24) is 21.3 Å². The molecule has 20 nitrogen and oxygen atoms in total. The van der Waals surface area contributed by atoms with E-state index >= 15 is 0 Å². The van der Waals surface area contributed by atoms with Crippen molar-refractivity contribution in [3.05, 3.63) is 0 Å². The predicted octanol–water partition coefficient (Wildman–Crippen LogP) is 7.70. The highest BCUT2D eigenvalue weighted by atomic mass is 32.1. The van der Waals surface area contributed by atoms with Crippen LogP contribution in [0.4, 0.5) is 0 Å². The van der Waals surface area contributed by atoms with Crippen LogP contribution in [-0.2, 0) is 47.9 Å². The Morgan fingerprint density at radius 1 is 0.421 bits per heavy atom. The van der Waals surface area contributed by atoms with Crippen molar-refractivity contribution in [2.75, 3.05) is 24.6 Å². The van der Waals surface area contributed by atoms with Gasteiger partial charge in [-0.05, 0) is 25.7 Å². The van der Waals surface area contributed by atoms with E-state index in [0.29, 0.717) is 0 Å². The number of hydrogen-bond acceptors (Lipinski definition) is 14. The summed E-state index contributed by atoms with van der Waals surface area (Å²) in [6, 6.07) is -4.30. The normalized spacial score (nSPS) is 12.0. The summed E-state index contributed by atoms with van der Waals surface area (Å²) in [6.07, 6.45) is 41.7. The largest absolute Gasteiger partial charge is 0.480 e. The number of carboxylic acids is 4. The lowest BCUT2D eigenvalue weighted by molar-refractivity contribution is -0.140. The second-order valence-electron chi connectivity index (χ2n) is 18.9. The highest BCUT2D eigenvalue weighted by Gasteiger charge is 2.22. The van der Waals surface area contributed by atoms with Crippen LogP contribution in [0.3, 0.4) is 0 Å². The maximum absolute atomic E-state index is 11.5. The van der Waals surface area contributed by atoms with Crippen LogP contribution in [0.5, 0.6) is 0 Å². The van der Waals surface area contributed by atoms with Crippen molar-refractivity contribution in [3.63, 3.8) is 0 Å². The Morgan fingerprint density at radius 2 is 0.658 bits per heavy atom. The number of carbonyl (C=O) groups is 10. The van der Waals surface area contributed by atoms with Gasteiger partial charge in [-0.1, -0.05) is 181 Å². The standard InChI is InChI=1S/C18H36O.C16H32O.2C10H17N3O6S/c1-2-3-4-5-6-7-8-9-10-11-12-13-14-15-16-17-18-19;1-2-3-4-5-6-7-8-9-10-11-12-13-14-15-16-17;2*11-5(10(18)19)1-2-7(14)13-6(4-20)9(17)12-3-8(15)16/h18H,2-17H2,1H3;16H,2-15H2,1H3;2*5-6,20H,1-4,11H2,(H,12,17)(H,13,14)(H,15,16)(H,18,19)/t;;2*5-,6-/m..00/s1. The molecule has 0 aromatic heterocycles. The van der Waals surface area contributed by atoms with Crippen molar-refractivity contribution in [3.8, 4) is 0 Å². The molecule has 76 heavy (non-hydrogen) atoms. The highest BCUT2D eigenvalue weighted by molar-refractivity contribution is 7.80. The molecule has 0 unspecified atom stereocenters. The molecule has 4 amide bonds. The van der Waals surface area contributed by atoms with Gasteiger partial charge in [0.25, 0.3) is 0 Å². The molecular weight excluding hydrogens is 1020 g/mol. The minimum Gasteiger partial charge on any atom is -0.480 e. The van der Waals surface area contributed by atoms with Crippen LogP contribution in [0, 0.1) is 0 Å². The first-order chi connectivity index (χ1) is 36.4. The molecule has 0 aliphatic rings. The Balaban J connectivity index is -0.000000456. The van der Waals surface area contributed by atoms with Gasteiger partial charge in [0.05, 0.1) is 0 Å². The second-order valence-corrected chi connectivity index (χ2v) is 19.6. The summed E-state index contributed by atoms with van der Waals surface area (Å²) < 4.78 is 0. The van der Waals surface area contributed by atoms with Gasteiger partial charge in [-0.25, -0.2) is 0 Å². The summed E-state index contributed by atoms with van der Waals surface area (Å²) >= 11 is 7.75. The van der Waals surface area contributed by atoms with Crippen molar-refractivity contribution >= 4 is 85.3 Å². The summed E-state index contributed by atoms with van der Waals surface area (Å²) in [5.41, 5.74) is 10.5. The number of nitrogens with two attached hydrogens (primary N) is 2. The van der Waals surface area contributed by atoms with E-state index in [4.69, 9.17) is 31.9 Å². The minimum absolute atomic E-state index is 0.0256. The molecule has 0 fully saturated rings. The molecule has 0 rings (SSSR count). The van der Waals surface area contributed by atoms with Crippen LogP contribution in [0.15, 0.2) is 0 Å². The molecule has 0 bridgehead atoms. The number of rotatable bonds is 48. The van der Waals surface area contributed by atoms with Gasteiger partial charge in [-0.15, -0.1) is 0 Å². The SMILES string of the molecule is CCCCCCCCCCCCCCCC=O.CCCCCCCCCCCCCCCCCC=O.N[C@@H](CCC(=O)N[C@@H](CS)C(=O)NCC(=O)O)C(=O)O.N[C@@H](CCC(=O)N[C@@H](CS)C(=O)NCC(=O)O)C(=O)O. The number of carboxylic acid groups (broad SMARTS) is 4. The van der Waals surface area contributed by atoms with E-state index in [1.807, 2.05) is 0 Å². The number of carbonyl (C=O) groups excluding carboxylic acids is 6. The number of aldehydes is 2. The first-order valence-electron chi connectivity index (χ1n) is 28.0. The number of thiol groups is 2. The van der Waals surface area contributed by atoms with Crippen LogP contribution < -0.4 is 32.7 Å². The van der Waals surface area contributed by atoms with Gasteiger partial charge in [-0.3, -0.25) is 38.4 Å². The molecule has 444 valence electrons. The zero-order valence-corrected chi connectivity index (χ0v) is 48.0. The molecule has 0 saturated heterocycles. The average Bonchev–Trinajstić information content (AvgIpc) is 3.39. The molecule has 0 spiro atoms. The summed E-state index contributed by atoms with van der Waals surface area (Å²) in [6.45, 7) is 3.42. The molecule has 0 heterocycles. The van der Waals surface area contributed by atoms with Gasteiger partial charge in [0.1, 0.15) is 49.8 Å². The number of nitrogens with one attached hydrogen (secondary N) is 4. The van der Waals surface area contributed by atoms with E-state index in [2.05, 4.69) is 60.4 Å². The Labute approximate surface area is 465 Å². The molecule has 0 saturated carbocycles. The van der Waals surface area contributed by atoms with E-state index in [-0.39, 0.29) is 37.2 Å². The topological polar surface area (TPSA) is 352 Å². The Bertz CT molecular complexity index is 1440. The van der Waals surface area contributed by atoms with Crippen LogP contribution in [0.2, 0.25) is 0 Å². The molecule has 0 aliphatic heterocycles. The predicted molar refractivity (Wildman–Crippen MR) is 305 cm³/mol. The van der Waals surface area contributed by atoms with E-state index < -0.39 is 84.8 Å². The van der Waals surface area contributed by atoms with Crippen molar-refractivity contribution in [2.45, 2.75) is 256 Å². The van der Waals surface area contributed by atoms with Gasteiger partial charge in [0.2, 0.25) is 23.6 Å². The summed E-state index contributed by atoms with van der Waals surface area (Å²) in [7, 11) is 0. The van der Waals surface area contributed by atoms with Gasteiger partial charge in [0, 0.05) is 37.2 Å². The van der Waals surface area contributed by atoms with Gasteiger partial charge in [0.15, 0.2) is 0 Å². The van der Waals surface area contributed by atoms with Crippen LogP contribution in [0.1, 0.15) is 232 Å². The Kier molecular flexibility index (Phi) is 61.7. The molecule has 0 aromatic rings. The van der Waals surface area contributed by atoms with Gasteiger partial charge < -0.3 is 62.7 Å². The third-order valence-electron chi connectivity index (χ3n) is 11.8. The third-order valence-corrected chi connectivity index (χ3v) is 12.6. The smallest absolute Gasteiger partial charge is 0.322 e. The summed E-state index contributed by atoms with van der Waals surface area (Å²) in [5.74, 6) is -7.41. The fourth-order valence-electron chi connectivity index (χ4n) is 7.16. The fourth-order valence-corrected chi connectivity index (χ4v) is 7.67. The van der Waals surface area contributed by atoms with E-state index in [1.165, 1.54) is 167 Å². The number of unbranched alkanes of at least 4 members (excludes halogenated alkanes) is 28. The lowest BCUT2D eigenvalue weighted by Gasteiger charge is -2.16. The molecular formula is C54H102N6O14S2. The first-order valence-corrected chi connectivity index (χ1v) is 29.3. The van der Waals surface area contributed by atoms with Crippen LogP contribution in [0.25, 0.3) is 0 Å². The lowest BCUT2D eigenvalue weighted by atomic mass is 10.0. The zero-order valence-electron chi connectivity index (χ0n) is 46.3. The van der Waals surface area contributed by atoms with Crippen molar-refractivity contribution in [2.24, 2.45) is 11.5 Å². The first kappa shape index (κ1) is 78.2. The zero-order chi connectivity index (χ0) is 58.0. The van der Waals surface area contributed by atoms with Crippen molar-refractivity contribution in [1.29, 1.82) is 0 Å². The fraction of sp³-hybridized carbons (Fsp3) is 0.815. The molecule has 4 atom stereocenters. The maximum atomic E-state index is 11.5. The molecule has 22 heteroatoms. The number of hydrogen-bond donors (Lipinski definition) is 12. The third kappa shape index (κ3) is 60.6. The molecule has 0 radical (unpaired) electrons. The van der Waals surface area contributed by atoms with Gasteiger partial charge >= 0.3 is 23.9 Å². The van der Waals surface area contributed by atoms with Gasteiger partial charge in [-0.2, -0.15) is 25.3 Å². The second kappa shape index (κ2) is 60.0. The van der Waals surface area contributed by atoms with E-state index in [0.717, 1.165) is 38.3 Å². The van der Waals surface area contributed by atoms with E-state index in [9.17, 15) is 47.9 Å². The lowest BCUT2D eigenvalue weighted by Crippen LogP contribution is -2.49. The van der Waals surface area contributed by atoms with E-state index in [1.54, 1.807) is 0 Å². The highest BCUT2D eigenvalue weighted by Crippen LogP contribution is 2.15. The monoisotopic (exact) mass is 1120 g/mol. The Morgan fingerprint density at radius 3 is 0.855 bits per heavy atom. The van der Waals surface area contributed by atoms with Crippen molar-refractivity contribution < 1.29 is 68.4 Å². The molecule has 12 N–H and O–H groups in total. The molecule has 0 aliphatic carbocycles. The summed E-state index contributed by atoms with van der Waals surface area (Å²) in [5, 5.41) is 42.7. The van der Waals surface area contributed by atoms with Crippen LogP contribution in [-0.4, -0.2) is 129 Å². The Hall–Kier alpha value is -4.28. The number of aliphatic carboxylic acids is 4. The minimum atomic E-state index is -1.22. The van der Waals surface area contributed by atoms with Crippen LogP contribution >= 0.6 is 25.3 Å². The maximum Gasteiger partial charge on any atom is 0.322 e. The molecule has 0 aromatic carbocycles. The quantitative estimate of drug-likeness (QED) is 0.0158. The summed E-state index contributed by atoms with van der Waals surface area (Å²) in [4.78, 5) is 108. The average molecular weight is 1120 g/mol. The number of amides is 4.